The van der Waals surface area contributed by atoms with Gasteiger partial charge in [-0.1, -0.05) is 29.3 Å². The maximum atomic E-state index is 12.4. The number of hydrogen-bond acceptors (Lipinski definition) is 2. The standard InChI is InChI=1S/C14H15ClN2O/c1-9-4-5-10(2)13(6-9)14(18)11(3)17-8-12(15)7-16-17/h4-8,11H,1-3H3. The van der Waals surface area contributed by atoms with Crippen LogP contribution >= 0.6 is 11.6 Å². The quantitative estimate of drug-likeness (QED) is 0.792. The molecule has 3 nitrogen and oxygen atoms in total. The molecule has 0 aliphatic carbocycles. The van der Waals surface area contributed by atoms with Crippen LogP contribution < -0.4 is 0 Å². The number of ketones is 1. The summed E-state index contributed by atoms with van der Waals surface area (Å²) < 4.78 is 1.59. The lowest BCUT2D eigenvalue weighted by Crippen LogP contribution is -2.18. The van der Waals surface area contributed by atoms with E-state index in [0.717, 1.165) is 16.7 Å². The molecule has 1 atom stereocenters. The van der Waals surface area contributed by atoms with Gasteiger partial charge >= 0.3 is 0 Å². The van der Waals surface area contributed by atoms with Gasteiger partial charge in [0, 0.05) is 11.8 Å². The van der Waals surface area contributed by atoms with E-state index in [0.29, 0.717) is 5.02 Å². The van der Waals surface area contributed by atoms with Crippen molar-refractivity contribution in [1.82, 2.24) is 9.78 Å². The van der Waals surface area contributed by atoms with E-state index < -0.39 is 0 Å². The normalized spacial score (nSPS) is 12.4. The number of halogens is 1. The van der Waals surface area contributed by atoms with Crippen molar-refractivity contribution in [3.8, 4) is 0 Å². The van der Waals surface area contributed by atoms with Crippen LogP contribution in [0.5, 0.6) is 0 Å². The van der Waals surface area contributed by atoms with Crippen molar-refractivity contribution in [2.75, 3.05) is 0 Å². The SMILES string of the molecule is Cc1ccc(C)c(C(=O)C(C)n2cc(Cl)cn2)c1. The maximum absolute atomic E-state index is 12.4. The minimum absolute atomic E-state index is 0.0518. The summed E-state index contributed by atoms with van der Waals surface area (Å²) in [6.45, 7) is 5.74. The number of hydrogen-bond donors (Lipinski definition) is 0. The molecule has 1 heterocycles. The summed E-state index contributed by atoms with van der Waals surface area (Å²) in [6.07, 6.45) is 3.20. The Bertz CT molecular complexity index is 589. The summed E-state index contributed by atoms with van der Waals surface area (Å²) in [5, 5.41) is 4.62. The predicted octanol–water partition coefficient (Wildman–Crippen LogP) is 3.60. The second-order valence-electron chi connectivity index (χ2n) is 4.50. The molecular formula is C14H15ClN2O. The van der Waals surface area contributed by atoms with Crippen LogP contribution in [0.4, 0.5) is 0 Å². The zero-order valence-electron chi connectivity index (χ0n) is 10.6. The first-order valence-corrected chi connectivity index (χ1v) is 6.18. The summed E-state index contributed by atoms with van der Waals surface area (Å²) in [7, 11) is 0. The second-order valence-corrected chi connectivity index (χ2v) is 4.93. The van der Waals surface area contributed by atoms with E-state index in [-0.39, 0.29) is 11.8 Å². The number of benzene rings is 1. The van der Waals surface area contributed by atoms with Gasteiger partial charge < -0.3 is 0 Å². The fourth-order valence-electron chi connectivity index (χ4n) is 1.87. The first kappa shape index (κ1) is 12.8. The molecule has 0 spiro atoms. The Morgan fingerprint density at radius 3 is 2.72 bits per heavy atom. The van der Waals surface area contributed by atoms with Crippen molar-refractivity contribution in [1.29, 1.82) is 0 Å². The van der Waals surface area contributed by atoms with E-state index >= 15 is 0 Å². The average Bonchev–Trinajstić information content (AvgIpc) is 2.77. The molecule has 2 rings (SSSR count). The second kappa shape index (κ2) is 4.94. The predicted molar refractivity (Wildman–Crippen MR) is 72.2 cm³/mol. The zero-order valence-corrected chi connectivity index (χ0v) is 11.4. The molecule has 2 aromatic rings. The Kier molecular flexibility index (Phi) is 3.53. The van der Waals surface area contributed by atoms with E-state index in [1.165, 1.54) is 6.20 Å². The number of nitrogens with zero attached hydrogens (tertiary/aromatic N) is 2. The molecule has 0 amide bonds. The third-order valence-corrected chi connectivity index (χ3v) is 3.20. The first-order valence-electron chi connectivity index (χ1n) is 5.80. The summed E-state index contributed by atoms with van der Waals surface area (Å²) in [4.78, 5) is 12.4. The van der Waals surface area contributed by atoms with Gasteiger partial charge in [-0.2, -0.15) is 5.10 Å². The summed E-state index contributed by atoms with van der Waals surface area (Å²) in [6, 6.07) is 5.53. The number of aromatic nitrogens is 2. The van der Waals surface area contributed by atoms with Crippen LogP contribution in [0, 0.1) is 13.8 Å². The van der Waals surface area contributed by atoms with E-state index in [1.54, 1.807) is 10.9 Å². The molecule has 0 saturated carbocycles. The van der Waals surface area contributed by atoms with E-state index in [2.05, 4.69) is 5.10 Å². The van der Waals surface area contributed by atoms with Gasteiger partial charge in [0.05, 0.1) is 11.2 Å². The third kappa shape index (κ3) is 2.46. The Labute approximate surface area is 111 Å². The van der Waals surface area contributed by atoms with Crippen molar-refractivity contribution in [2.24, 2.45) is 0 Å². The van der Waals surface area contributed by atoms with Crippen LogP contribution in [0.25, 0.3) is 0 Å². The molecule has 1 aromatic heterocycles. The van der Waals surface area contributed by atoms with Gasteiger partial charge in [0.15, 0.2) is 5.78 Å². The van der Waals surface area contributed by atoms with Crippen LogP contribution in [-0.2, 0) is 0 Å². The monoisotopic (exact) mass is 262 g/mol. The number of carbonyl (C=O) groups is 1. The van der Waals surface area contributed by atoms with Crippen molar-refractivity contribution >= 4 is 17.4 Å². The lowest BCUT2D eigenvalue weighted by Gasteiger charge is -2.13. The Hall–Kier alpha value is -1.61. The first-order chi connectivity index (χ1) is 8.49. The molecular weight excluding hydrogens is 248 g/mol. The molecule has 1 unspecified atom stereocenters. The van der Waals surface area contributed by atoms with Crippen molar-refractivity contribution in [3.63, 3.8) is 0 Å². The molecule has 0 aliphatic heterocycles. The van der Waals surface area contributed by atoms with E-state index in [4.69, 9.17) is 11.6 Å². The van der Waals surface area contributed by atoms with Crippen molar-refractivity contribution in [3.05, 3.63) is 52.3 Å². The van der Waals surface area contributed by atoms with Crippen LogP contribution in [0.15, 0.2) is 30.6 Å². The van der Waals surface area contributed by atoms with E-state index in [9.17, 15) is 4.79 Å². The topological polar surface area (TPSA) is 34.9 Å². The fourth-order valence-corrected chi connectivity index (χ4v) is 2.02. The molecule has 0 aliphatic rings. The number of Topliss-reactive ketones (excluding diaryl/α,β-unsaturated/α-hetero) is 1. The Morgan fingerprint density at radius 1 is 1.39 bits per heavy atom. The molecule has 0 N–H and O–H groups in total. The molecule has 0 bridgehead atoms. The molecule has 94 valence electrons. The minimum Gasteiger partial charge on any atom is -0.292 e. The minimum atomic E-state index is -0.349. The fraction of sp³-hybridized carbons (Fsp3) is 0.286. The Balaban J connectivity index is 2.33. The molecule has 4 heteroatoms. The van der Waals surface area contributed by atoms with Crippen molar-refractivity contribution in [2.45, 2.75) is 26.8 Å². The summed E-state index contributed by atoms with van der Waals surface area (Å²) in [5.74, 6) is 0.0518. The summed E-state index contributed by atoms with van der Waals surface area (Å²) >= 11 is 5.82. The van der Waals surface area contributed by atoms with Gasteiger partial charge in [-0.25, -0.2) is 0 Å². The molecule has 1 aromatic carbocycles. The highest BCUT2D eigenvalue weighted by Crippen LogP contribution is 2.19. The summed E-state index contributed by atoms with van der Waals surface area (Å²) in [5.41, 5.74) is 2.81. The third-order valence-electron chi connectivity index (χ3n) is 3.00. The van der Waals surface area contributed by atoms with Gasteiger partial charge in [0.1, 0.15) is 6.04 Å². The van der Waals surface area contributed by atoms with Crippen LogP contribution in [0.2, 0.25) is 5.02 Å². The Morgan fingerprint density at radius 2 is 2.11 bits per heavy atom. The van der Waals surface area contributed by atoms with Crippen LogP contribution in [-0.4, -0.2) is 15.6 Å². The smallest absolute Gasteiger partial charge is 0.187 e. The highest BCUT2D eigenvalue weighted by atomic mass is 35.5. The van der Waals surface area contributed by atoms with Crippen molar-refractivity contribution < 1.29 is 4.79 Å². The number of carbonyl (C=O) groups excluding carboxylic acids is 1. The molecule has 0 radical (unpaired) electrons. The average molecular weight is 263 g/mol. The number of aryl methyl sites for hydroxylation is 2. The van der Waals surface area contributed by atoms with Gasteiger partial charge in [-0.3, -0.25) is 9.48 Å². The maximum Gasteiger partial charge on any atom is 0.187 e. The van der Waals surface area contributed by atoms with Gasteiger partial charge in [-0.15, -0.1) is 0 Å². The molecule has 0 saturated heterocycles. The van der Waals surface area contributed by atoms with Gasteiger partial charge in [-0.05, 0) is 32.4 Å². The lowest BCUT2D eigenvalue weighted by atomic mass is 9.98. The van der Waals surface area contributed by atoms with Crippen LogP contribution in [0.1, 0.15) is 34.5 Å². The highest BCUT2D eigenvalue weighted by Gasteiger charge is 2.19. The van der Waals surface area contributed by atoms with E-state index in [1.807, 2.05) is 39.0 Å². The highest BCUT2D eigenvalue weighted by molar-refractivity contribution is 6.30. The molecule has 0 fully saturated rings. The number of rotatable bonds is 3. The van der Waals surface area contributed by atoms with Gasteiger partial charge in [0.25, 0.3) is 0 Å². The largest absolute Gasteiger partial charge is 0.292 e. The van der Waals surface area contributed by atoms with Crippen LogP contribution in [0.3, 0.4) is 0 Å². The lowest BCUT2D eigenvalue weighted by molar-refractivity contribution is 0.0927. The zero-order chi connectivity index (χ0) is 13.3. The molecule has 18 heavy (non-hydrogen) atoms. The van der Waals surface area contributed by atoms with Gasteiger partial charge in [0.2, 0.25) is 0 Å².